The van der Waals surface area contributed by atoms with Crippen LogP contribution in [0.1, 0.15) is 49.2 Å². The minimum Gasteiger partial charge on any atom is -0.468 e. The van der Waals surface area contributed by atoms with Gasteiger partial charge in [-0.3, -0.25) is 34.2 Å². The standard InChI is InChI=1S/C28H34N4O5/c1-31-22(20-12-6-8-14-29-20)27(25(34)36-2)17-32(16-19-10-4-5-11-19)18-28(24(27)33,26(35)37-3)23(31)21-13-7-9-15-30-21/h6-9,12-15,19,22-23H,4-5,10-11,16-18H2,1-3H3. The Morgan fingerprint density at radius 2 is 1.38 bits per heavy atom. The second kappa shape index (κ2) is 9.95. The van der Waals surface area contributed by atoms with Crippen LogP contribution in [-0.2, 0) is 23.9 Å². The molecule has 0 aromatic carbocycles. The summed E-state index contributed by atoms with van der Waals surface area (Å²) in [5, 5.41) is 0. The molecule has 1 saturated carbocycles. The van der Waals surface area contributed by atoms with Crippen molar-refractivity contribution in [2.75, 3.05) is 40.9 Å². The van der Waals surface area contributed by atoms with E-state index in [0.717, 1.165) is 25.7 Å². The van der Waals surface area contributed by atoms with Gasteiger partial charge >= 0.3 is 11.9 Å². The number of pyridine rings is 2. The number of methoxy groups -OCH3 is 2. The molecule has 9 nitrogen and oxygen atoms in total. The second-order valence-electron chi connectivity index (χ2n) is 10.6. The molecule has 9 heteroatoms. The summed E-state index contributed by atoms with van der Waals surface area (Å²) in [5.74, 6) is -1.36. The van der Waals surface area contributed by atoms with Crippen LogP contribution in [0.5, 0.6) is 0 Å². The first kappa shape index (κ1) is 25.5. The minimum atomic E-state index is -1.67. The van der Waals surface area contributed by atoms with Crippen molar-refractivity contribution in [1.29, 1.82) is 0 Å². The SMILES string of the molecule is COC(=O)C12CN(CC3CCCC3)CC(C(=O)OC)(C1=O)C(c1ccccn1)N(C)C2c1ccccn1. The number of carbonyl (C=O) groups excluding carboxylic acids is 3. The third kappa shape index (κ3) is 3.87. The summed E-state index contributed by atoms with van der Waals surface area (Å²) < 4.78 is 10.7. The fourth-order valence-electron chi connectivity index (χ4n) is 7.16. The fraction of sp³-hybridized carbons (Fsp3) is 0.536. The summed E-state index contributed by atoms with van der Waals surface area (Å²) in [4.78, 5) is 55.7. The number of hydrogen-bond donors (Lipinski definition) is 0. The lowest BCUT2D eigenvalue weighted by molar-refractivity contribution is -0.204. The highest BCUT2D eigenvalue weighted by molar-refractivity contribution is 6.17. The quantitative estimate of drug-likeness (QED) is 0.432. The monoisotopic (exact) mass is 506 g/mol. The molecule has 2 aromatic rings. The molecule has 4 heterocycles. The number of Topliss-reactive ketones (excluding diaryl/α,β-unsaturated/α-hetero) is 1. The van der Waals surface area contributed by atoms with Gasteiger partial charge in [-0.1, -0.05) is 25.0 Å². The van der Waals surface area contributed by atoms with Crippen LogP contribution in [0.15, 0.2) is 48.8 Å². The predicted molar refractivity (Wildman–Crippen MR) is 134 cm³/mol. The number of carbonyl (C=O) groups is 3. The van der Waals surface area contributed by atoms with E-state index in [1.54, 1.807) is 24.5 Å². The van der Waals surface area contributed by atoms with Crippen molar-refractivity contribution in [3.8, 4) is 0 Å². The van der Waals surface area contributed by atoms with Gasteiger partial charge in [-0.2, -0.15) is 0 Å². The van der Waals surface area contributed by atoms with E-state index < -0.39 is 40.6 Å². The number of piperidine rings is 2. The van der Waals surface area contributed by atoms with Crippen LogP contribution in [0.2, 0.25) is 0 Å². The van der Waals surface area contributed by atoms with Gasteiger partial charge < -0.3 is 9.47 Å². The van der Waals surface area contributed by atoms with Crippen molar-refractivity contribution in [3.05, 3.63) is 60.2 Å². The molecule has 0 N–H and O–H groups in total. The molecular weight excluding hydrogens is 472 g/mol. The molecule has 196 valence electrons. The normalized spacial score (nSPS) is 30.7. The largest absolute Gasteiger partial charge is 0.468 e. The van der Waals surface area contributed by atoms with Gasteiger partial charge in [-0.25, -0.2) is 0 Å². The molecule has 37 heavy (non-hydrogen) atoms. The molecule has 5 rings (SSSR count). The van der Waals surface area contributed by atoms with Gasteiger partial charge in [-0.15, -0.1) is 0 Å². The molecule has 4 atom stereocenters. The molecule has 2 bridgehead atoms. The molecule has 3 aliphatic rings. The van der Waals surface area contributed by atoms with E-state index in [1.165, 1.54) is 14.2 Å². The summed E-state index contributed by atoms with van der Waals surface area (Å²) in [6.07, 6.45) is 7.81. The van der Waals surface area contributed by atoms with Crippen molar-refractivity contribution in [2.45, 2.75) is 37.8 Å². The maximum absolute atomic E-state index is 14.8. The van der Waals surface area contributed by atoms with Crippen LogP contribution in [0.3, 0.4) is 0 Å². The molecule has 2 saturated heterocycles. The van der Waals surface area contributed by atoms with Gasteiger partial charge in [0.2, 0.25) is 0 Å². The Morgan fingerprint density at radius 1 is 0.892 bits per heavy atom. The van der Waals surface area contributed by atoms with Crippen LogP contribution in [-0.4, -0.2) is 78.4 Å². The van der Waals surface area contributed by atoms with Gasteiger partial charge in [-0.05, 0) is 50.1 Å². The van der Waals surface area contributed by atoms with E-state index in [2.05, 4.69) is 14.9 Å². The van der Waals surface area contributed by atoms with Crippen molar-refractivity contribution in [2.24, 2.45) is 16.7 Å². The number of aromatic nitrogens is 2. The minimum absolute atomic E-state index is 0.147. The van der Waals surface area contributed by atoms with E-state index >= 15 is 0 Å². The van der Waals surface area contributed by atoms with Crippen molar-refractivity contribution >= 4 is 17.7 Å². The Morgan fingerprint density at radius 3 is 1.78 bits per heavy atom. The van der Waals surface area contributed by atoms with E-state index in [9.17, 15) is 14.4 Å². The number of esters is 2. The highest BCUT2D eigenvalue weighted by Gasteiger charge is 2.75. The van der Waals surface area contributed by atoms with Crippen LogP contribution < -0.4 is 0 Å². The van der Waals surface area contributed by atoms with Crippen molar-refractivity contribution in [3.63, 3.8) is 0 Å². The smallest absolute Gasteiger partial charge is 0.322 e. The van der Waals surface area contributed by atoms with Crippen LogP contribution in [0, 0.1) is 16.7 Å². The van der Waals surface area contributed by atoms with Gasteiger partial charge in [0.05, 0.1) is 37.7 Å². The molecule has 0 spiro atoms. The third-order valence-corrected chi connectivity index (χ3v) is 8.53. The zero-order chi connectivity index (χ0) is 26.2. The highest BCUT2D eigenvalue weighted by Crippen LogP contribution is 2.60. The Kier molecular flexibility index (Phi) is 6.85. The molecule has 0 amide bonds. The average molecular weight is 507 g/mol. The first-order valence-corrected chi connectivity index (χ1v) is 12.9. The van der Waals surface area contributed by atoms with Crippen LogP contribution >= 0.6 is 0 Å². The maximum atomic E-state index is 14.8. The van der Waals surface area contributed by atoms with Gasteiger partial charge in [0.1, 0.15) is 0 Å². The van der Waals surface area contributed by atoms with Gasteiger partial charge in [0, 0.05) is 32.0 Å². The third-order valence-electron chi connectivity index (χ3n) is 8.53. The zero-order valence-electron chi connectivity index (χ0n) is 21.6. The average Bonchev–Trinajstić information content (AvgIpc) is 3.43. The Hall–Kier alpha value is -3.17. The summed E-state index contributed by atoms with van der Waals surface area (Å²) in [5.41, 5.74) is -2.22. The topological polar surface area (TPSA) is 102 Å². The van der Waals surface area contributed by atoms with E-state index in [0.29, 0.717) is 23.9 Å². The van der Waals surface area contributed by atoms with Crippen LogP contribution in [0.25, 0.3) is 0 Å². The van der Waals surface area contributed by atoms with E-state index in [1.807, 2.05) is 36.2 Å². The van der Waals surface area contributed by atoms with Crippen LogP contribution in [0.4, 0.5) is 0 Å². The van der Waals surface area contributed by atoms with Crippen molar-refractivity contribution < 1.29 is 23.9 Å². The number of ether oxygens (including phenoxy) is 2. The lowest BCUT2D eigenvalue weighted by Crippen LogP contribution is -2.75. The highest BCUT2D eigenvalue weighted by atomic mass is 16.5. The summed E-state index contributed by atoms with van der Waals surface area (Å²) in [6, 6.07) is 9.34. The number of fused-ring (bicyclic) bond motifs is 2. The first-order valence-electron chi connectivity index (χ1n) is 12.9. The Labute approximate surface area is 217 Å². The summed E-state index contributed by atoms with van der Waals surface area (Å²) in [6.45, 7) is 0.987. The fourth-order valence-corrected chi connectivity index (χ4v) is 7.16. The van der Waals surface area contributed by atoms with E-state index in [-0.39, 0.29) is 13.1 Å². The number of nitrogens with zero attached hydrogens (tertiary/aromatic N) is 4. The second-order valence-corrected chi connectivity index (χ2v) is 10.6. The summed E-state index contributed by atoms with van der Waals surface area (Å²) >= 11 is 0. The Bertz CT molecular complexity index is 1080. The van der Waals surface area contributed by atoms with Crippen molar-refractivity contribution in [1.82, 2.24) is 19.8 Å². The molecule has 2 aliphatic heterocycles. The predicted octanol–water partition coefficient (Wildman–Crippen LogP) is 2.60. The zero-order valence-corrected chi connectivity index (χ0v) is 21.6. The maximum Gasteiger partial charge on any atom is 0.322 e. The first-order chi connectivity index (χ1) is 17.9. The van der Waals surface area contributed by atoms with Gasteiger partial charge in [0.15, 0.2) is 16.6 Å². The number of rotatable bonds is 6. The molecular formula is C28H34N4O5. The number of likely N-dealkylation sites (tertiary alicyclic amines) is 2. The molecule has 0 radical (unpaired) electrons. The molecule has 2 aromatic heterocycles. The number of ketones is 1. The lowest BCUT2D eigenvalue weighted by Gasteiger charge is -2.60. The summed E-state index contributed by atoms with van der Waals surface area (Å²) in [7, 11) is 4.41. The molecule has 4 unspecified atom stereocenters. The number of hydrogen-bond acceptors (Lipinski definition) is 9. The lowest BCUT2D eigenvalue weighted by atomic mass is 9.54. The Balaban J connectivity index is 1.77. The molecule has 3 fully saturated rings. The van der Waals surface area contributed by atoms with E-state index in [4.69, 9.17) is 9.47 Å². The molecule has 1 aliphatic carbocycles. The van der Waals surface area contributed by atoms with Gasteiger partial charge in [0.25, 0.3) is 0 Å².